The Balaban J connectivity index is 1.93. The Morgan fingerprint density at radius 3 is 2.52 bits per heavy atom. The van der Waals surface area contributed by atoms with Crippen LogP contribution in [0.1, 0.15) is 15.9 Å². The van der Waals surface area contributed by atoms with Gasteiger partial charge >= 0.3 is 6.09 Å². The molecule has 0 bridgehead atoms. The van der Waals surface area contributed by atoms with Crippen LogP contribution in [0.2, 0.25) is 0 Å². The van der Waals surface area contributed by atoms with Gasteiger partial charge in [0.2, 0.25) is 0 Å². The highest BCUT2D eigenvalue weighted by atomic mass is 32.1. The summed E-state index contributed by atoms with van der Waals surface area (Å²) < 4.78 is 15.0. The van der Waals surface area contributed by atoms with Gasteiger partial charge in [0.1, 0.15) is 5.00 Å². The van der Waals surface area contributed by atoms with E-state index >= 15 is 0 Å². The summed E-state index contributed by atoms with van der Waals surface area (Å²) in [5.74, 6) is 1.05. The van der Waals surface area contributed by atoms with E-state index in [0.29, 0.717) is 35.0 Å². The number of anilines is 1. The Morgan fingerprint density at radius 1 is 1.08 bits per heavy atom. The molecule has 1 aromatic heterocycles. The summed E-state index contributed by atoms with van der Waals surface area (Å²) in [5, 5.41) is 7.54. The number of carbonyl (C=O) groups excluding carboxylic acids is 2. The molecule has 134 valence electrons. The minimum absolute atomic E-state index is 0.256. The van der Waals surface area contributed by atoms with E-state index in [1.165, 1.54) is 18.4 Å². The summed E-state index contributed by atoms with van der Waals surface area (Å²) in [6.45, 7) is 0.446. The highest BCUT2D eigenvalue weighted by molar-refractivity contribution is 7.14. The minimum Gasteiger partial charge on any atom is -0.493 e. The summed E-state index contributed by atoms with van der Waals surface area (Å²) >= 11 is 1.26. The maximum atomic E-state index is 12.3. The summed E-state index contributed by atoms with van der Waals surface area (Å²) in [7, 11) is 4.43. The number of nitrogens with one attached hydrogen (secondary N) is 2. The number of carbonyl (C=O) groups is 2. The van der Waals surface area contributed by atoms with Crippen molar-refractivity contribution in [2.24, 2.45) is 0 Å². The van der Waals surface area contributed by atoms with Gasteiger partial charge in [-0.05, 0) is 35.6 Å². The Kier molecular flexibility index (Phi) is 6.64. The summed E-state index contributed by atoms with van der Waals surface area (Å²) in [4.78, 5) is 23.6. The number of methoxy groups -OCH3 is 3. The molecule has 0 unspecified atom stereocenters. The molecule has 2 amide bonds. The van der Waals surface area contributed by atoms with Gasteiger partial charge in [-0.15, -0.1) is 11.3 Å². The van der Waals surface area contributed by atoms with Crippen LogP contribution in [-0.4, -0.2) is 39.9 Å². The zero-order valence-electron chi connectivity index (χ0n) is 14.3. The highest BCUT2D eigenvalue weighted by Crippen LogP contribution is 2.27. The third-order valence-electron chi connectivity index (χ3n) is 3.46. The standard InChI is InChI=1S/C17H20N2O5S/c1-22-13-5-4-11(10-14(13)23-2)6-8-18-15(20)12-7-9-25-16(12)19-17(21)24-3/h4-5,7,9-10H,6,8H2,1-3H3,(H,18,20)(H,19,21). The van der Waals surface area contributed by atoms with E-state index < -0.39 is 6.09 Å². The van der Waals surface area contributed by atoms with Crippen LogP contribution in [0.3, 0.4) is 0 Å². The predicted molar refractivity (Wildman–Crippen MR) is 95.9 cm³/mol. The monoisotopic (exact) mass is 364 g/mol. The number of benzene rings is 1. The van der Waals surface area contributed by atoms with Crippen LogP contribution in [0.5, 0.6) is 11.5 Å². The zero-order chi connectivity index (χ0) is 18.2. The fraction of sp³-hybridized carbons (Fsp3) is 0.294. The largest absolute Gasteiger partial charge is 0.493 e. The first-order valence-electron chi connectivity index (χ1n) is 7.50. The average molecular weight is 364 g/mol. The summed E-state index contributed by atoms with van der Waals surface area (Å²) in [6.07, 6.45) is 0.0255. The molecule has 2 N–H and O–H groups in total. The molecule has 0 saturated carbocycles. The fourth-order valence-electron chi connectivity index (χ4n) is 2.18. The lowest BCUT2D eigenvalue weighted by molar-refractivity contribution is 0.0955. The maximum Gasteiger partial charge on any atom is 0.411 e. The van der Waals surface area contributed by atoms with Crippen LogP contribution in [0.4, 0.5) is 9.80 Å². The topological polar surface area (TPSA) is 85.9 Å². The number of hydrogen-bond donors (Lipinski definition) is 2. The average Bonchev–Trinajstić information content (AvgIpc) is 3.09. The van der Waals surface area contributed by atoms with E-state index in [0.717, 1.165) is 5.56 Å². The second-order valence-electron chi connectivity index (χ2n) is 4.98. The third-order valence-corrected chi connectivity index (χ3v) is 4.29. The smallest absolute Gasteiger partial charge is 0.411 e. The van der Waals surface area contributed by atoms with Crippen LogP contribution in [0.25, 0.3) is 0 Å². The van der Waals surface area contributed by atoms with E-state index in [4.69, 9.17) is 9.47 Å². The second-order valence-corrected chi connectivity index (χ2v) is 5.89. The van der Waals surface area contributed by atoms with Crippen LogP contribution < -0.4 is 20.1 Å². The molecule has 25 heavy (non-hydrogen) atoms. The number of thiophene rings is 1. The highest BCUT2D eigenvalue weighted by Gasteiger charge is 2.15. The van der Waals surface area contributed by atoms with Crippen molar-refractivity contribution in [1.29, 1.82) is 0 Å². The van der Waals surface area contributed by atoms with Crippen molar-refractivity contribution in [1.82, 2.24) is 5.32 Å². The molecule has 0 saturated heterocycles. The molecule has 2 aromatic rings. The quantitative estimate of drug-likeness (QED) is 0.789. The SMILES string of the molecule is COC(=O)Nc1sccc1C(=O)NCCc1ccc(OC)c(OC)c1. The molecule has 8 heteroatoms. The van der Waals surface area contributed by atoms with Crippen molar-refractivity contribution >= 4 is 28.3 Å². The predicted octanol–water partition coefficient (Wildman–Crippen LogP) is 2.92. The van der Waals surface area contributed by atoms with Crippen molar-refractivity contribution in [3.63, 3.8) is 0 Å². The summed E-state index contributed by atoms with van der Waals surface area (Å²) in [5.41, 5.74) is 1.42. The number of amides is 2. The number of rotatable bonds is 7. The number of hydrogen-bond acceptors (Lipinski definition) is 6. The van der Waals surface area contributed by atoms with E-state index in [1.807, 2.05) is 18.2 Å². The molecule has 0 fully saturated rings. The zero-order valence-corrected chi connectivity index (χ0v) is 15.1. The maximum absolute atomic E-state index is 12.3. The van der Waals surface area contributed by atoms with Crippen molar-refractivity contribution in [3.8, 4) is 11.5 Å². The normalized spacial score (nSPS) is 10.0. The van der Waals surface area contributed by atoms with Gasteiger partial charge in [-0.25, -0.2) is 4.79 Å². The third kappa shape index (κ3) is 4.87. The molecule has 1 aromatic carbocycles. The Hall–Kier alpha value is -2.74. The fourth-order valence-corrected chi connectivity index (χ4v) is 2.95. The van der Waals surface area contributed by atoms with Crippen LogP contribution in [0, 0.1) is 0 Å². The minimum atomic E-state index is -0.609. The van der Waals surface area contributed by atoms with Gasteiger partial charge in [0.05, 0.1) is 26.9 Å². The van der Waals surface area contributed by atoms with E-state index in [1.54, 1.807) is 25.7 Å². The van der Waals surface area contributed by atoms with E-state index in [-0.39, 0.29) is 5.91 Å². The molecule has 0 spiro atoms. The van der Waals surface area contributed by atoms with Crippen LogP contribution in [-0.2, 0) is 11.2 Å². The molecule has 0 aliphatic heterocycles. The van der Waals surface area contributed by atoms with Crippen LogP contribution in [0.15, 0.2) is 29.6 Å². The van der Waals surface area contributed by atoms with Crippen molar-refractivity contribution < 1.29 is 23.8 Å². The Labute approximate surface area is 149 Å². The first-order valence-corrected chi connectivity index (χ1v) is 8.38. The van der Waals surface area contributed by atoms with Gasteiger partial charge in [-0.3, -0.25) is 10.1 Å². The lowest BCUT2D eigenvalue weighted by atomic mass is 10.1. The molecular weight excluding hydrogens is 344 g/mol. The number of ether oxygens (including phenoxy) is 3. The molecule has 0 aliphatic rings. The van der Waals surface area contributed by atoms with Gasteiger partial charge in [0.25, 0.3) is 5.91 Å². The lowest BCUT2D eigenvalue weighted by Gasteiger charge is -2.10. The Bertz CT molecular complexity index is 744. The van der Waals surface area contributed by atoms with Gasteiger partial charge in [0, 0.05) is 6.54 Å². The van der Waals surface area contributed by atoms with Crippen molar-refractivity contribution in [3.05, 3.63) is 40.8 Å². The van der Waals surface area contributed by atoms with E-state index in [9.17, 15) is 9.59 Å². The molecule has 1 heterocycles. The second kappa shape index (κ2) is 8.93. The van der Waals surface area contributed by atoms with Gasteiger partial charge in [-0.2, -0.15) is 0 Å². The van der Waals surface area contributed by atoms with Gasteiger partial charge in [-0.1, -0.05) is 6.07 Å². The molecule has 0 atom stereocenters. The first-order chi connectivity index (χ1) is 12.1. The molecule has 0 radical (unpaired) electrons. The molecule has 7 nitrogen and oxygen atoms in total. The van der Waals surface area contributed by atoms with Crippen molar-refractivity contribution in [2.45, 2.75) is 6.42 Å². The first kappa shape index (κ1) is 18.6. The molecule has 2 rings (SSSR count). The lowest BCUT2D eigenvalue weighted by Crippen LogP contribution is -2.26. The van der Waals surface area contributed by atoms with Gasteiger partial charge in [0.15, 0.2) is 11.5 Å². The van der Waals surface area contributed by atoms with Crippen LogP contribution >= 0.6 is 11.3 Å². The molecule has 0 aliphatic carbocycles. The van der Waals surface area contributed by atoms with E-state index in [2.05, 4.69) is 15.4 Å². The Morgan fingerprint density at radius 2 is 1.84 bits per heavy atom. The summed E-state index contributed by atoms with van der Waals surface area (Å²) in [6, 6.07) is 7.27. The molecular formula is C17H20N2O5S. The van der Waals surface area contributed by atoms with Crippen molar-refractivity contribution in [2.75, 3.05) is 33.2 Å². The van der Waals surface area contributed by atoms with Gasteiger partial charge < -0.3 is 19.5 Å².